The van der Waals surface area contributed by atoms with Crippen LogP contribution in [0.25, 0.3) is 0 Å². The first-order valence-corrected chi connectivity index (χ1v) is 9.84. The van der Waals surface area contributed by atoms with E-state index in [9.17, 15) is 13.2 Å². The monoisotopic (exact) mass is 339 g/mol. The number of amides is 1. The summed E-state index contributed by atoms with van der Waals surface area (Å²) in [5.74, 6) is 0.403. The standard InChI is InChI=1S/C16H25N3O3S/c1-3-5-7-13(4-2)12-17-16(20)14-8-6-9-19-10-11-23(21,22)18-15(14)19/h6,8-9,13H,3-5,7,10-12H2,1-2H3,(H,17,20). The van der Waals surface area contributed by atoms with Gasteiger partial charge in [-0.15, -0.1) is 4.40 Å². The van der Waals surface area contributed by atoms with Gasteiger partial charge in [0.05, 0.1) is 11.3 Å². The molecule has 128 valence electrons. The quantitative estimate of drug-likeness (QED) is 0.767. The van der Waals surface area contributed by atoms with Crippen molar-refractivity contribution in [2.75, 3.05) is 18.8 Å². The number of unbranched alkanes of at least 4 members (excludes halogenated alkanes) is 1. The van der Waals surface area contributed by atoms with Gasteiger partial charge in [-0.2, -0.15) is 0 Å². The number of hydrogen-bond donors (Lipinski definition) is 1. The van der Waals surface area contributed by atoms with Gasteiger partial charge in [0.2, 0.25) is 0 Å². The first-order chi connectivity index (χ1) is 11.0. The van der Waals surface area contributed by atoms with Gasteiger partial charge in [-0.25, -0.2) is 8.42 Å². The van der Waals surface area contributed by atoms with E-state index in [-0.39, 0.29) is 17.5 Å². The molecule has 0 saturated heterocycles. The first kappa shape index (κ1) is 17.7. The van der Waals surface area contributed by atoms with E-state index in [1.54, 1.807) is 23.3 Å². The second-order valence-corrected chi connectivity index (χ2v) is 7.70. The predicted molar refractivity (Wildman–Crippen MR) is 91.5 cm³/mol. The Morgan fingerprint density at radius 3 is 2.91 bits per heavy atom. The fraction of sp³-hybridized carbons (Fsp3) is 0.625. The number of rotatable bonds is 7. The van der Waals surface area contributed by atoms with Crippen LogP contribution in [0.15, 0.2) is 28.3 Å². The van der Waals surface area contributed by atoms with Crippen molar-refractivity contribution in [3.8, 4) is 0 Å². The summed E-state index contributed by atoms with van der Waals surface area (Å²) in [5, 5.41) is 2.93. The van der Waals surface area contributed by atoms with E-state index in [1.807, 2.05) is 0 Å². The van der Waals surface area contributed by atoms with Gasteiger partial charge in [-0.1, -0.05) is 33.1 Å². The van der Waals surface area contributed by atoms with Crippen molar-refractivity contribution in [2.24, 2.45) is 10.3 Å². The summed E-state index contributed by atoms with van der Waals surface area (Å²) in [4.78, 5) is 14.2. The maximum absolute atomic E-state index is 12.4. The highest BCUT2D eigenvalue weighted by Gasteiger charge is 2.29. The summed E-state index contributed by atoms with van der Waals surface area (Å²) in [6.45, 7) is 5.21. The third-order valence-electron chi connectivity index (χ3n) is 4.20. The molecule has 1 atom stereocenters. The maximum atomic E-state index is 12.4. The van der Waals surface area contributed by atoms with Gasteiger partial charge in [0.25, 0.3) is 15.9 Å². The van der Waals surface area contributed by atoms with Gasteiger partial charge in [-0.3, -0.25) is 4.79 Å². The zero-order valence-electron chi connectivity index (χ0n) is 13.8. The average Bonchev–Trinajstić information content (AvgIpc) is 2.53. The fourth-order valence-corrected chi connectivity index (χ4v) is 3.65. The molecule has 0 saturated carbocycles. The van der Waals surface area contributed by atoms with Crippen LogP contribution in [-0.2, 0) is 14.8 Å². The van der Waals surface area contributed by atoms with E-state index in [0.29, 0.717) is 24.6 Å². The van der Waals surface area contributed by atoms with Crippen LogP contribution in [-0.4, -0.2) is 43.9 Å². The Labute approximate surface area is 138 Å². The van der Waals surface area contributed by atoms with Gasteiger partial charge in [0.1, 0.15) is 0 Å². The summed E-state index contributed by atoms with van der Waals surface area (Å²) in [6.07, 6.45) is 9.52. The molecule has 2 aliphatic heterocycles. The average molecular weight is 339 g/mol. The third-order valence-corrected chi connectivity index (χ3v) is 5.35. The lowest BCUT2D eigenvalue weighted by Gasteiger charge is -2.28. The third kappa shape index (κ3) is 4.67. The molecule has 1 amide bonds. The lowest BCUT2D eigenvalue weighted by Crippen LogP contribution is -2.43. The Balaban J connectivity index is 2.05. The Morgan fingerprint density at radius 1 is 1.43 bits per heavy atom. The van der Waals surface area contributed by atoms with Crippen LogP contribution in [0, 0.1) is 5.92 Å². The molecule has 0 aromatic heterocycles. The number of carbonyl (C=O) groups is 1. The minimum absolute atomic E-state index is 0.0231. The zero-order valence-corrected chi connectivity index (χ0v) is 14.6. The Hall–Kier alpha value is -1.63. The van der Waals surface area contributed by atoms with Gasteiger partial charge in [0.15, 0.2) is 5.84 Å². The van der Waals surface area contributed by atoms with Crippen molar-refractivity contribution in [1.29, 1.82) is 0 Å². The van der Waals surface area contributed by atoms with Crippen molar-refractivity contribution in [2.45, 2.75) is 39.5 Å². The number of carbonyl (C=O) groups excluding carboxylic acids is 1. The molecule has 1 unspecified atom stereocenters. The highest BCUT2D eigenvalue weighted by molar-refractivity contribution is 7.90. The first-order valence-electron chi connectivity index (χ1n) is 8.23. The molecule has 0 aliphatic carbocycles. The second-order valence-electron chi connectivity index (χ2n) is 5.94. The Morgan fingerprint density at radius 2 is 2.22 bits per heavy atom. The van der Waals surface area contributed by atoms with E-state index in [1.165, 1.54) is 0 Å². The normalized spacial score (nSPS) is 20.3. The number of nitrogens with zero attached hydrogens (tertiary/aromatic N) is 2. The summed E-state index contributed by atoms with van der Waals surface area (Å²) in [7, 11) is -3.48. The molecule has 0 aromatic carbocycles. The van der Waals surface area contributed by atoms with Crippen molar-refractivity contribution >= 4 is 21.8 Å². The summed E-state index contributed by atoms with van der Waals surface area (Å²) in [6, 6.07) is 0. The van der Waals surface area contributed by atoms with Crippen LogP contribution >= 0.6 is 0 Å². The molecule has 23 heavy (non-hydrogen) atoms. The van der Waals surface area contributed by atoms with E-state index in [0.717, 1.165) is 25.7 Å². The van der Waals surface area contributed by atoms with Crippen LogP contribution in [0.5, 0.6) is 0 Å². The molecule has 0 spiro atoms. The van der Waals surface area contributed by atoms with Crippen LogP contribution in [0.2, 0.25) is 0 Å². The van der Waals surface area contributed by atoms with Crippen molar-refractivity contribution in [3.05, 3.63) is 23.9 Å². The van der Waals surface area contributed by atoms with Crippen LogP contribution in [0.1, 0.15) is 39.5 Å². The van der Waals surface area contributed by atoms with Crippen molar-refractivity contribution in [3.63, 3.8) is 0 Å². The van der Waals surface area contributed by atoms with Gasteiger partial charge in [-0.05, 0) is 24.5 Å². The second kappa shape index (κ2) is 7.77. The molecule has 2 rings (SSSR count). The van der Waals surface area contributed by atoms with Gasteiger partial charge >= 0.3 is 0 Å². The number of hydrogen-bond acceptors (Lipinski definition) is 4. The van der Waals surface area contributed by atoms with E-state index in [2.05, 4.69) is 23.6 Å². The van der Waals surface area contributed by atoms with Crippen molar-refractivity contribution < 1.29 is 13.2 Å². The van der Waals surface area contributed by atoms with E-state index in [4.69, 9.17) is 0 Å². The summed E-state index contributed by atoms with van der Waals surface area (Å²) in [5.41, 5.74) is 0.320. The molecule has 0 fully saturated rings. The molecule has 0 bridgehead atoms. The topological polar surface area (TPSA) is 78.8 Å². The van der Waals surface area contributed by atoms with Gasteiger partial charge < -0.3 is 10.2 Å². The Bertz CT molecular complexity index is 635. The molecule has 2 aliphatic rings. The molecule has 6 nitrogen and oxygen atoms in total. The molecule has 0 aromatic rings. The maximum Gasteiger partial charge on any atom is 0.256 e. The number of sulfonamides is 1. The Kier molecular flexibility index (Phi) is 5.98. The highest BCUT2D eigenvalue weighted by atomic mass is 32.2. The van der Waals surface area contributed by atoms with E-state index < -0.39 is 10.0 Å². The fourth-order valence-electron chi connectivity index (χ4n) is 2.67. The SMILES string of the molecule is CCCCC(CC)CNC(=O)C1=CC=CN2CCS(=O)(=O)N=C12. The zero-order chi connectivity index (χ0) is 16.9. The molecule has 0 radical (unpaired) electrons. The van der Waals surface area contributed by atoms with Crippen molar-refractivity contribution in [1.82, 2.24) is 10.2 Å². The van der Waals surface area contributed by atoms with Crippen LogP contribution < -0.4 is 5.32 Å². The number of allylic oxidation sites excluding steroid dienone is 2. The van der Waals surface area contributed by atoms with Gasteiger partial charge in [0, 0.05) is 19.3 Å². The lowest BCUT2D eigenvalue weighted by atomic mass is 9.99. The molecule has 2 heterocycles. The molecular formula is C16H25N3O3S. The minimum Gasteiger partial charge on any atom is -0.352 e. The smallest absolute Gasteiger partial charge is 0.256 e. The molecule has 7 heteroatoms. The minimum atomic E-state index is -3.48. The van der Waals surface area contributed by atoms with Crippen LogP contribution in [0.3, 0.4) is 0 Å². The largest absolute Gasteiger partial charge is 0.352 e. The number of amidine groups is 1. The summed E-state index contributed by atoms with van der Waals surface area (Å²) < 4.78 is 27.2. The molecule has 1 N–H and O–H groups in total. The lowest BCUT2D eigenvalue weighted by molar-refractivity contribution is -0.117. The predicted octanol–water partition coefficient (Wildman–Crippen LogP) is 1.82. The highest BCUT2D eigenvalue weighted by Crippen LogP contribution is 2.18. The number of fused-ring (bicyclic) bond motifs is 1. The molecular weight excluding hydrogens is 314 g/mol. The van der Waals surface area contributed by atoms with E-state index >= 15 is 0 Å². The summed E-state index contributed by atoms with van der Waals surface area (Å²) >= 11 is 0. The van der Waals surface area contributed by atoms with Crippen LogP contribution in [0.4, 0.5) is 0 Å². The number of nitrogens with one attached hydrogen (secondary N) is 1.